The lowest BCUT2D eigenvalue weighted by atomic mass is 10.2. The minimum absolute atomic E-state index is 0.0242. The van der Waals surface area contributed by atoms with Crippen molar-refractivity contribution >= 4 is 31.6 Å². The molecular formula is C22H19N2O4P. The van der Waals surface area contributed by atoms with Crippen molar-refractivity contribution in [3.8, 4) is 5.75 Å². The van der Waals surface area contributed by atoms with Crippen molar-refractivity contribution < 1.29 is 18.1 Å². The summed E-state index contributed by atoms with van der Waals surface area (Å²) in [6, 6.07) is 23.7. The van der Waals surface area contributed by atoms with Crippen molar-refractivity contribution in [2.45, 2.75) is 13.2 Å². The van der Waals surface area contributed by atoms with Crippen LogP contribution in [0.4, 0.5) is 11.4 Å². The van der Waals surface area contributed by atoms with Gasteiger partial charge in [0.25, 0.3) is 0 Å². The van der Waals surface area contributed by atoms with E-state index in [0.29, 0.717) is 17.1 Å². The Hall–Kier alpha value is -3.05. The number of aliphatic imine (C=N–C) groups is 2. The van der Waals surface area contributed by atoms with Crippen LogP contribution in [0.2, 0.25) is 0 Å². The Morgan fingerprint density at radius 3 is 1.72 bits per heavy atom. The number of phosphoric ester groups is 1. The second kappa shape index (κ2) is 8.97. The second-order valence-corrected chi connectivity index (χ2v) is 7.81. The molecule has 3 aromatic carbocycles. The van der Waals surface area contributed by atoms with E-state index in [1.54, 1.807) is 36.7 Å². The average molecular weight is 406 g/mol. The first-order chi connectivity index (χ1) is 14.2. The Balaban J connectivity index is 1.70. The van der Waals surface area contributed by atoms with Gasteiger partial charge in [-0.15, -0.1) is 0 Å². The van der Waals surface area contributed by atoms with Gasteiger partial charge < -0.3 is 4.52 Å². The largest absolute Gasteiger partial charge is 0.530 e. The molecule has 0 unspecified atom stereocenters. The Labute approximate surface area is 169 Å². The minimum atomic E-state index is -3.92. The first-order valence-electron chi connectivity index (χ1n) is 9.08. The van der Waals surface area contributed by atoms with E-state index in [9.17, 15) is 4.57 Å². The molecule has 0 spiro atoms. The first kappa shape index (κ1) is 19.3. The highest BCUT2D eigenvalue weighted by molar-refractivity contribution is 7.48. The molecule has 4 rings (SSSR count). The molecule has 0 saturated carbocycles. The number of fused-ring (bicyclic) bond motifs is 2. The third kappa shape index (κ3) is 5.06. The summed E-state index contributed by atoms with van der Waals surface area (Å²) in [7, 11) is -3.92. The summed E-state index contributed by atoms with van der Waals surface area (Å²) in [5.74, 6) is 0.401. The van der Waals surface area contributed by atoms with E-state index in [2.05, 4.69) is 9.98 Å². The molecule has 1 aliphatic rings. The Bertz CT molecular complexity index is 1020. The van der Waals surface area contributed by atoms with E-state index in [0.717, 1.165) is 11.1 Å². The van der Waals surface area contributed by atoms with E-state index in [1.807, 2.05) is 54.6 Å². The lowest BCUT2D eigenvalue weighted by Gasteiger charge is -2.19. The molecule has 0 aromatic heterocycles. The molecule has 1 heterocycles. The zero-order valence-corrected chi connectivity index (χ0v) is 16.4. The van der Waals surface area contributed by atoms with Crippen LogP contribution in [-0.2, 0) is 26.8 Å². The van der Waals surface area contributed by atoms with Gasteiger partial charge in [0.1, 0.15) is 5.75 Å². The molecule has 7 heteroatoms. The van der Waals surface area contributed by atoms with Gasteiger partial charge in [-0.2, -0.15) is 0 Å². The molecule has 0 saturated heterocycles. The fourth-order valence-corrected chi connectivity index (χ4v) is 3.90. The van der Waals surface area contributed by atoms with E-state index >= 15 is 0 Å². The SMILES string of the molecule is O=P1(Oc2ccccc2)OCc2ccccc2N=CC=Nc2ccccc2CO1. The number of nitrogens with zero attached hydrogens (tertiary/aromatic N) is 2. The summed E-state index contributed by atoms with van der Waals surface area (Å²) in [6.07, 6.45) is 3.24. The predicted octanol–water partition coefficient (Wildman–Crippen LogP) is 6.03. The van der Waals surface area contributed by atoms with Crippen LogP contribution in [0.15, 0.2) is 88.8 Å². The highest BCUT2D eigenvalue weighted by Gasteiger charge is 2.30. The van der Waals surface area contributed by atoms with E-state index in [1.165, 1.54) is 0 Å². The zero-order valence-electron chi connectivity index (χ0n) is 15.5. The van der Waals surface area contributed by atoms with Gasteiger partial charge in [-0.05, 0) is 24.3 Å². The van der Waals surface area contributed by atoms with Crippen LogP contribution < -0.4 is 4.52 Å². The number of rotatable bonds is 2. The molecule has 29 heavy (non-hydrogen) atoms. The third-order valence-electron chi connectivity index (χ3n) is 4.19. The molecule has 0 atom stereocenters. The lowest BCUT2D eigenvalue weighted by Crippen LogP contribution is -2.04. The van der Waals surface area contributed by atoms with Crippen LogP contribution in [0.1, 0.15) is 11.1 Å². The van der Waals surface area contributed by atoms with Crippen molar-refractivity contribution in [1.29, 1.82) is 0 Å². The molecule has 0 fully saturated rings. The van der Waals surface area contributed by atoms with Gasteiger partial charge in [-0.1, -0.05) is 54.6 Å². The van der Waals surface area contributed by atoms with Crippen LogP contribution in [0, 0.1) is 0 Å². The fourth-order valence-electron chi connectivity index (χ4n) is 2.74. The quantitative estimate of drug-likeness (QED) is 0.488. The van der Waals surface area contributed by atoms with E-state index in [-0.39, 0.29) is 13.2 Å². The molecule has 6 nitrogen and oxygen atoms in total. The summed E-state index contributed by atoms with van der Waals surface area (Å²) in [5, 5.41) is 0. The van der Waals surface area contributed by atoms with Crippen LogP contribution in [0.25, 0.3) is 0 Å². The second-order valence-electron chi connectivity index (χ2n) is 6.21. The normalized spacial score (nSPS) is 19.2. The van der Waals surface area contributed by atoms with Crippen molar-refractivity contribution in [2.24, 2.45) is 9.98 Å². The van der Waals surface area contributed by atoms with Crippen molar-refractivity contribution in [1.82, 2.24) is 0 Å². The van der Waals surface area contributed by atoms with Crippen LogP contribution in [0.5, 0.6) is 5.75 Å². The number of benzene rings is 3. The summed E-state index contributed by atoms with van der Waals surface area (Å²) in [5.41, 5.74) is 2.90. The predicted molar refractivity (Wildman–Crippen MR) is 113 cm³/mol. The standard InChI is InChI=1S/C22H19N2O4P/c25-29(28-20-10-2-1-3-11-20)26-16-18-8-4-6-12-21(18)23-14-15-24-22-13-7-5-9-19(22)17-27-29/h1-15H,16-17H2. The van der Waals surface area contributed by atoms with Gasteiger partial charge >= 0.3 is 7.82 Å². The highest BCUT2D eigenvalue weighted by atomic mass is 31.2. The highest BCUT2D eigenvalue weighted by Crippen LogP contribution is 2.51. The lowest BCUT2D eigenvalue weighted by molar-refractivity contribution is 0.143. The van der Waals surface area contributed by atoms with Crippen molar-refractivity contribution in [3.63, 3.8) is 0 Å². The molecule has 0 amide bonds. The molecule has 0 aliphatic carbocycles. The molecule has 0 bridgehead atoms. The maximum Gasteiger partial charge on any atom is 0.530 e. The van der Waals surface area contributed by atoms with Crippen molar-refractivity contribution in [2.75, 3.05) is 0 Å². The first-order valence-corrected chi connectivity index (χ1v) is 10.5. The van der Waals surface area contributed by atoms with Crippen LogP contribution in [0.3, 0.4) is 0 Å². The third-order valence-corrected chi connectivity index (χ3v) is 5.52. The molecule has 146 valence electrons. The number of hydrogen-bond acceptors (Lipinski definition) is 6. The van der Waals surface area contributed by atoms with Gasteiger partial charge in [-0.25, -0.2) is 4.57 Å². The summed E-state index contributed by atoms with van der Waals surface area (Å²) in [6.45, 7) is 0.0484. The van der Waals surface area contributed by atoms with Gasteiger partial charge in [0.2, 0.25) is 0 Å². The number of phosphoric acid groups is 1. The maximum absolute atomic E-state index is 13.4. The zero-order chi connectivity index (χ0) is 19.9. The topological polar surface area (TPSA) is 69.5 Å². The molecule has 3 aromatic rings. The molecule has 1 aliphatic heterocycles. The monoisotopic (exact) mass is 406 g/mol. The van der Waals surface area contributed by atoms with E-state index in [4.69, 9.17) is 13.6 Å². The molecular weight excluding hydrogens is 387 g/mol. The summed E-state index contributed by atoms with van der Waals surface area (Å²) in [4.78, 5) is 8.86. The Kier molecular flexibility index (Phi) is 5.96. The van der Waals surface area contributed by atoms with Crippen molar-refractivity contribution in [3.05, 3.63) is 90.0 Å². The van der Waals surface area contributed by atoms with Gasteiger partial charge in [0.15, 0.2) is 0 Å². The average Bonchev–Trinajstić information content (AvgIpc) is 2.76. The van der Waals surface area contributed by atoms with Gasteiger partial charge in [0.05, 0.1) is 24.6 Å². The van der Waals surface area contributed by atoms with Gasteiger partial charge in [0, 0.05) is 23.6 Å². The maximum atomic E-state index is 13.4. The fraction of sp³-hybridized carbons (Fsp3) is 0.0909. The summed E-state index contributed by atoms with van der Waals surface area (Å²) >= 11 is 0. The smallest absolute Gasteiger partial charge is 0.404 e. The number of hydrogen-bond donors (Lipinski definition) is 0. The number of para-hydroxylation sites is 3. The Morgan fingerprint density at radius 2 is 1.17 bits per heavy atom. The van der Waals surface area contributed by atoms with Crippen LogP contribution in [-0.4, -0.2) is 12.4 Å². The molecule has 0 N–H and O–H groups in total. The van der Waals surface area contributed by atoms with Crippen LogP contribution >= 0.6 is 7.82 Å². The summed E-state index contributed by atoms with van der Waals surface area (Å²) < 4.78 is 30.4. The Morgan fingerprint density at radius 1 is 0.690 bits per heavy atom. The minimum Gasteiger partial charge on any atom is -0.404 e. The van der Waals surface area contributed by atoms with Gasteiger partial charge in [-0.3, -0.25) is 19.0 Å². The van der Waals surface area contributed by atoms with E-state index < -0.39 is 7.82 Å². The molecule has 0 radical (unpaired) electrons.